The molecule has 2 N–H and O–H groups in total. The molecule has 0 aromatic carbocycles. The summed E-state index contributed by atoms with van der Waals surface area (Å²) in [6, 6.07) is 0. The van der Waals surface area contributed by atoms with Crippen molar-refractivity contribution in [3.63, 3.8) is 0 Å². The molecule has 3 rings (SSSR count). The Kier molecular flexibility index (Phi) is 4.28. The van der Waals surface area contributed by atoms with Gasteiger partial charge in [0.25, 0.3) is 5.89 Å². The largest absolute Gasteiger partial charge is 0.332 e. The fraction of sp³-hybridized carbons (Fsp3) is 0.714. The molecule has 2 aromatic rings. The average Bonchev–Trinajstić information content (AvgIpc) is 3.16. The molecule has 0 spiro atoms. The summed E-state index contributed by atoms with van der Waals surface area (Å²) < 4.78 is 7.04. The molecule has 2 atom stereocenters. The first-order valence-electron chi connectivity index (χ1n) is 7.74. The molecule has 21 heavy (non-hydrogen) atoms. The molecule has 1 saturated carbocycles. The first-order chi connectivity index (χ1) is 10.3. The lowest BCUT2D eigenvalue weighted by molar-refractivity contribution is 0.300. The Morgan fingerprint density at radius 3 is 3.14 bits per heavy atom. The van der Waals surface area contributed by atoms with E-state index in [1.54, 1.807) is 10.9 Å². The predicted octanol–water partition coefficient (Wildman–Crippen LogP) is 1.97. The average molecular weight is 290 g/mol. The van der Waals surface area contributed by atoms with Crippen molar-refractivity contribution in [2.45, 2.75) is 51.5 Å². The van der Waals surface area contributed by atoms with Crippen molar-refractivity contribution in [3.05, 3.63) is 12.0 Å². The van der Waals surface area contributed by atoms with Crippen LogP contribution >= 0.6 is 0 Å². The molecule has 7 heteroatoms. The zero-order chi connectivity index (χ0) is 14.7. The standard InChI is InChI=1S/C14H22N6O/c1-2-10-4-3-5-11(8-10)13-16-14(21-18-13)12-9-20(7-6-15)19-17-12/h9-11H,2-8,15H2,1H3. The van der Waals surface area contributed by atoms with Crippen LogP contribution in [-0.4, -0.2) is 31.7 Å². The van der Waals surface area contributed by atoms with Crippen LogP contribution in [0.4, 0.5) is 0 Å². The maximum Gasteiger partial charge on any atom is 0.280 e. The Labute approximate surface area is 123 Å². The van der Waals surface area contributed by atoms with Gasteiger partial charge in [-0.1, -0.05) is 36.6 Å². The van der Waals surface area contributed by atoms with E-state index >= 15 is 0 Å². The molecule has 114 valence electrons. The summed E-state index contributed by atoms with van der Waals surface area (Å²) in [5.41, 5.74) is 6.11. The topological polar surface area (TPSA) is 95.7 Å². The molecule has 0 saturated heterocycles. The summed E-state index contributed by atoms with van der Waals surface area (Å²) in [6.45, 7) is 3.41. The minimum Gasteiger partial charge on any atom is -0.332 e. The van der Waals surface area contributed by atoms with Crippen LogP contribution in [-0.2, 0) is 6.54 Å². The Morgan fingerprint density at radius 2 is 2.33 bits per heavy atom. The Hall–Kier alpha value is -1.76. The summed E-state index contributed by atoms with van der Waals surface area (Å²) in [4.78, 5) is 4.52. The minimum absolute atomic E-state index is 0.417. The molecule has 1 fully saturated rings. The van der Waals surface area contributed by atoms with Gasteiger partial charge in [-0.2, -0.15) is 4.98 Å². The Bertz CT molecular complexity index is 578. The van der Waals surface area contributed by atoms with Crippen LogP contribution in [0.3, 0.4) is 0 Å². The molecule has 0 bridgehead atoms. The molecule has 2 unspecified atom stereocenters. The SMILES string of the molecule is CCC1CCCC(c2noc(-c3cn(CCN)nn3)n2)C1. The smallest absolute Gasteiger partial charge is 0.280 e. The number of nitrogens with zero attached hydrogens (tertiary/aromatic N) is 5. The summed E-state index contributed by atoms with van der Waals surface area (Å²) in [6.07, 6.45) is 7.91. The molecular weight excluding hydrogens is 268 g/mol. The van der Waals surface area contributed by atoms with Gasteiger partial charge in [0.05, 0.1) is 12.7 Å². The van der Waals surface area contributed by atoms with Gasteiger partial charge in [0, 0.05) is 12.5 Å². The maximum absolute atomic E-state index is 5.50. The molecule has 2 aromatic heterocycles. The van der Waals surface area contributed by atoms with Crippen LogP contribution in [0.1, 0.15) is 50.8 Å². The van der Waals surface area contributed by atoms with Crippen LogP contribution in [0, 0.1) is 5.92 Å². The first-order valence-corrected chi connectivity index (χ1v) is 7.74. The fourth-order valence-corrected chi connectivity index (χ4v) is 3.04. The lowest BCUT2D eigenvalue weighted by atomic mass is 9.80. The van der Waals surface area contributed by atoms with Crippen molar-refractivity contribution in [3.8, 4) is 11.6 Å². The van der Waals surface area contributed by atoms with Crippen LogP contribution in [0.2, 0.25) is 0 Å². The summed E-state index contributed by atoms with van der Waals surface area (Å²) in [5.74, 6) is 2.47. The second-order valence-electron chi connectivity index (χ2n) is 5.75. The van der Waals surface area contributed by atoms with Crippen molar-refractivity contribution in [1.82, 2.24) is 25.1 Å². The van der Waals surface area contributed by atoms with Crippen molar-refractivity contribution < 1.29 is 4.52 Å². The zero-order valence-corrected chi connectivity index (χ0v) is 12.4. The van der Waals surface area contributed by atoms with E-state index in [0.717, 1.165) is 24.6 Å². The fourth-order valence-electron chi connectivity index (χ4n) is 3.04. The van der Waals surface area contributed by atoms with E-state index in [0.29, 0.717) is 30.6 Å². The highest BCUT2D eigenvalue weighted by molar-refractivity contribution is 5.43. The van der Waals surface area contributed by atoms with E-state index in [2.05, 4.69) is 27.4 Å². The third-order valence-corrected chi connectivity index (χ3v) is 4.28. The normalized spacial score (nSPS) is 22.6. The zero-order valence-electron chi connectivity index (χ0n) is 12.4. The van der Waals surface area contributed by atoms with Crippen molar-refractivity contribution in [2.75, 3.05) is 6.54 Å². The lowest BCUT2D eigenvalue weighted by Crippen LogP contribution is -2.14. The second kappa shape index (κ2) is 6.34. The highest BCUT2D eigenvalue weighted by Crippen LogP contribution is 2.36. The summed E-state index contributed by atoms with van der Waals surface area (Å²) in [5, 5.41) is 12.2. The van der Waals surface area contributed by atoms with Crippen molar-refractivity contribution in [1.29, 1.82) is 0 Å². The van der Waals surface area contributed by atoms with E-state index in [9.17, 15) is 0 Å². The van der Waals surface area contributed by atoms with Gasteiger partial charge in [-0.25, -0.2) is 0 Å². The van der Waals surface area contributed by atoms with E-state index in [-0.39, 0.29) is 0 Å². The molecule has 2 heterocycles. The number of hydrogen-bond acceptors (Lipinski definition) is 6. The van der Waals surface area contributed by atoms with Crippen LogP contribution < -0.4 is 5.73 Å². The quantitative estimate of drug-likeness (QED) is 0.904. The van der Waals surface area contributed by atoms with E-state index in [1.165, 1.54) is 19.3 Å². The minimum atomic E-state index is 0.417. The Balaban J connectivity index is 1.73. The molecule has 7 nitrogen and oxygen atoms in total. The van der Waals surface area contributed by atoms with Crippen molar-refractivity contribution in [2.24, 2.45) is 11.7 Å². The van der Waals surface area contributed by atoms with Gasteiger partial charge in [-0.3, -0.25) is 4.68 Å². The van der Waals surface area contributed by atoms with Crippen molar-refractivity contribution >= 4 is 0 Å². The third-order valence-electron chi connectivity index (χ3n) is 4.28. The number of rotatable bonds is 5. The lowest BCUT2D eigenvalue weighted by Gasteiger charge is -2.26. The van der Waals surface area contributed by atoms with E-state index in [4.69, 9.17) is 10.3 Å². The van der Waals surface area contributed by atoms with Gasteiger partial charge < -0.3 is 10.3 Å². The first kappa shape index (κ1) is 14.2. The highest BCUT2D eigenvalue weighted by atomic mass is 16.5. The van der Waals surface area contributed by atoms with Gasteiger partial charge in [-0.15, -0.1) is 5.10 Å². The van der Waals surface area contributed by atoms with Crippen LogP contribution in [0.5, 0.6) is 0 Å². The molecule has 0 amide bonds. The monoisotopic (exact) mass is 290 g/mol. The van der Waals surface area contributed by atoms with E-state index < -0.39 is 0 Å². The number of nitrogens with two attached hydrogens (primary N) is 1. The third kappa shape index (κ3) is 3.12. The van der Waals surface area contributed by atoms with Crippen LogP contribution in [0.15, 0.2) is 10.7 Å². The molecule has 1 aliphatic carbocycles. The molecule has 1 aliphatic rings. The maximum atomic E-state index is 5.50. The van der Waals surface area contributed by atoms with Gasteiger partial charge >= 0.3 is 0 Å². The highest BCUT2D eigenvalue weighted by Gasteiger charge is 2.26. The molecular formula is C14H22N6O. The van der Waals surface area contributed by atoms with Gasteiger partial charge in [0.1, 0.15) is 0 Å². The second-order valence-corrected chi connectivity index (χ2v) is 5.75. The summed E-state index contributed by atoms with van der Waals surface area (Å²) >= 11 is 0. The van der Waals surface area contributed by atoms with Gasteiger partial charge in [-0.05, 0) is 18.8 Å². The van der Waals surface area contributed by atoms with Crippen LogP contribution in [0.25, 0.3) is 11.6 Å². The molecule has 0 radical (unpaired) electrons. The number of aromatic nitrogens is 5. The predicted molar refractivity (Wildman–Crippen MR) is 77.4 cm³/mol. The number of hydrogen-bond donors (Lipinski definition) is 1. The van der Waals surface area contributed by atoms with E-state index in [1.807, 2.05) is 0 Å². The summed E-state index contributed by atoms with van der Waals surface area (Å²) in [7, 11) is 0. The van der Waals surface area contributed by atoms with Gasteiger partial charge in [0.15, 0.2) is 11.5 Å². The Morgan fingerprint density at radius 1 is 1.43 bits per heavy atom. The molecule has 0 aliphatic heterocycles. The van der Waals surface area contributed by atoms with Gasteiger partial charge in [0.2, 0.25) is 0 Å².